The summed E-state index contributed by atoms with van der Waals surface area (Å²) in [6, 6.07) is 12.8. The highest BCUT2D eigenvalue weighted by Crippen LogP contribution is 2.28. The second-order valence-corrected chi connectivity index (χ2v) is 5.85. The first-order valence-corrected chi connectivity index (χ1v) is 7.38. The van der Waals surface area contributed by atoms with E-state index in [0.29, 0.717) is 12.1 Å². The molecule has 0 spiro atoms. The first kappa shape index (κ1) is 12.2. The molecule has 2 aliphatic rings. The average Bonchev–Trinajstić information content (AvgIpc) is 2.87. The van der Waals surface area contributed by atoms with Crippen molar-refractivity contribution in [2.45, 2.75) is 50.7 Å². The number of fused-ring (bicyclic) bond motifs is 1. The Kier molecular flexibility index (Phi) is 3.67. The maximum Gasteiger partial charge on any atom is 0.0294 e. The molecular formula is C16H24N2. The Morgan fingerprint density at radius 2 is 2.00 bits per heavy atom. The molecule has 0 radical (unpaired) electrons. The van der Waals surface area contributed by atoms with Crippen molar-refractivity contribution in [3.63, 3.8) is 0 Å². The molecule has 0 bridgehead atoms. The lowest BCUT2D eigenvalue weighted by Crippen LogP contribution is -2.46. The Bertz CT molecular complexity index is 376. The third kappa shape index (κ3) is 2.60. The summed E-state index contributed by atoms with van der Waals surface area (Å²) in [5, 5.41) is 3.82. The summed E-state index contributed by atoms with van der Waals surface area (Å²) in [7, 11) is 0. The molecule has 1 aromatic rings. The van der Waals surface area contributed by atoms with Gasteiger partial charge in [-0.3, -0.25) is 0 Å². The van der Waals surface area contributed by atoms with E-state index in [0.717, 1.165) is 6.04 Å². The molecule has 0 saturated carbocycles. The SMILES string of the molecule is C[C@H](NC1CCN2CCCC2C1)c1ccccc1. The normalized spacial score (nSPS) is 30.1. The van der Waals surface area contributed by atoms with Crippen LogP contribution in [-0.4, -0.2) is 30.1 Å². The smallest absolute Gasteiger partial charge is 0.0294 e. The lowest BCUT2D eigenvalue weighted by Gasteiger charge is -2.36. The highest BCUT2D eigenvalue weighted by Gasteiger charge is 2.31. The van der Waals surface area contributed by atoms with Gasteiger partial charge in [-0.25, -0.2) is 0 Å². The summed E-state index contributed by atoms with van der Waals surface area (Å²) in [4.78, 5) is 2.69. The van der Waals surface area contributed by atoms with Crippen molar-refractivity contribution in [1.29, 1.82) is 0 Å². The van der Waals surface area contributed by atoms with Crippen LogP contribution in [0.5, 0.6) is 0 Å². The minimum atomic E-state index is 0.476. The van der Waals surface area contributed by atoms with Crippen molar-refractivity contribution in [3.8, 4) is 0 Å². The Labute approximate surface area is 110 Å². The van der Waals surface area contributed by atoms with Crippen molar-refractivity contribution in [3.05, 3.63) is 35.9 Å². The van der Waals surface area contributed by atoms with Crippen LogP contribution in [0, 0.1) is 0 Å². The van der Waals surface area contributed by atoms with Crippen LogP contribution in [0.4, 0.5) is 0 Å². The molecule has 2 nitrogen and oxygen atoms in total. The van der Waals surface area contributed by atoms with E-state index in [1.807, 2.05) is 0 Å². The molecule has 2 fully saturated rings. The summed E-state index contributed by atoms with van der Waals surface area (Å²) in [5.74, 6) is 0. The molecule has 0 aliphatic carbocycles. The molecule has 3 atom stereocenters. The second kappa shape index (κ2) is 5.41. The van der Waals surface area contributed by atoms with Crippen molar-refractivity contribution in [2.75, 3.05) is 13.1 Å². The fraction of sp³-hybridized carbons (Fsp3) is 0.625. The summed E-state index contributed by atoms with van der Waals surface area (Å²) in [6.45, 7) is 4.92. The molecule has 98 valence electrons. The van der Waals surface area contributed by atoms with Gasteiger partial charge < -0.3 is 10.2 Å². The van der Waals surface area contributed by atoms with Gasteiger partial charge in [0.1, 0.15) is 0 Å². The van der Waals surface area contributed by atoms with Crippen LogP contribution in [0.1, 0.15) is 44.2 Å². The van der Waals surface area contributed by atoms with Gasteiger partial charge in [-0.2, -0.15) is 0 Å². The van der Waals surface area contributed by atoms with E-state index < -0.39 is 0 Å². The number of nitrogens with zero attached hydrogens (tertiary/aromatic N) is 1. The molecule has 3 rings (SSSR count). The zero-order chi connectivity index (χ0) is 12.4. The molecule has 1 aromatic carbocycles. The van der Waals surface area contributed by atoms with Crippen LogP contribution in [0.15, 0.2) is 30.3 Å². The molecule has 1 N–H and O–H groups in total. The molecular weight excluding hydrogens is 220 g/mol. The van der Waals surface area contributed by atoms with E-state index in [2.05, 4.69) is 47.5 Å². The Hall–Kier alpha value is -0.860. The molecule has 0 aromatic heterocycles. The van der Waals surface area contributed by atoms with Crippen LogP contribution in [0.2, 0.25) is 0 Å². The zero-order valence-corrected chi connectivity index (χ0v) is 11.3. The quantitative estimate of drug-likeness (QED) is 0.879. The van der Waals surface area contributed by atoms with Crippen LogP contribution < -0.4 is 5.32 Å². The number of hydrogen-bond donors (Lipinski definition) is 1. The fourth-order valence-corrected chi connectivity index (χ4v) is 3.57. The first-order chi connectivity index (χ1) is 8.83. The standard InChI is InChI=1S/C16H24N2/c1-13(14-6-3-2-4-7-14)17-15-9-11-18-10-5-8-16(18)12-15/h2-4,6-7,13,15-17H,5,8-12H2,1H3/t13-,15?,16?/m0/s1. The van der Waals surface area contributed by atoms with Crippen molar-refractivity contribution >= 4 is 0 Å². The van der Waals surface area contributed by atoms with Gasteiger partial charge in [-0.1, -0.05) is 30.3 Å². The lowest BCUT2D eigenvalue weighted by atomic mass is 9.96. The van der Waals surface area contributed by atoms with Gasteiger partial charge in [0, 0.05) is 18.1 Å². The zero-order valence-electron chi connectivity index (χ0n) is 11.3. The lowest BCUT2D eigenvalue weighted by molar-refractivity contribution is 0.162. The highest BCUT2D eigenvalue weighted by molar-refractivity contribution is 5.18. The summed E-state index contributed by atoms with van der Waals surface area (Å²) >= 11 is 0. The summed E-state index contributed by atoms with van der Waals surface area (Å²) in [6.07, 6.45) is 5.48. The van der Waals surface area contributed by atoms with Crippen molar-refractivity contribution < 1.29 is 0 Å². The maximum atomic E-state index is 3.82. The molecule has 2 saturated heterocycles. The third-order valence-electron chi connectivity index (χ3n) is 4.61. The summed E-state index contributed by atoms with van der Waals surface area (Å²) < 4.78 is 0. The van der Waals surface area contributed by atoms with E-state index in [1.165, 1.54) is 44.3 Å². The highest BCUT2D eigenvalue weighted by atomic mass is 15.2. The first-order valence-electron chi connectivity index (χ1n) is 7.38. The Morgan fingerprint density at radius 1 is 1.17 bits per heavy atom. The third-order valence-corrected chi connectivity index (χ3v) is 4.61. The second-order valence-electron chi connectivity index (χ2n) is 5.85. The fourth-order valence-electron chi connectivity index (χ4n) is 3.57. The molecule has 18 heavy (non-hydrogen) atoms. The average molecular weight is 244 g/mol. The Balaban J connectivity index is 1.57. The van der Waals surface area contributed by atoms with Crippen LogP contribution >= 0.6 is 0 Å². The molecule has 0 amide bonds. The number of piperidine rings is 1. The van der Waals surface area contributed by atoms with E-state index in [9.17, 15) is 0 Å². The number of benzene rings is 1. The van der Waals surface area contributed by atoms with Gasteiger partial charge in [0.2, 0.25) is 0 Å². The van der Waals surface area contributed by atoms with Gasteiger partial charge in [0.25, 0.3) is 0 Å². The minimum Gasteiger partial charge on any atom is -0.307 e. The van der Waals surface area contributed by atoms with Crippen molar-refractivity contribution in [1.82, 2.24) is 10.2 Å². The number of nitrogens with one attached hydrogen (secondary N) is 1. The van der Waals surface area contributed by atoms with E-state index in [1.54, 1.807) is 0 Å². The Morgan fingerprint density at radius 3 is 2.83 bits per heavy atom. The van der Waals surface area contributed by atoms with Crippen LogP contribution in [0.25, 0.3) is 0 Å². The predicted octanol–water partition coefficient (Wildman–Crippen LogP) is 2.96. The maximum absolute atomic E-state index is 3.82. The predicted molar refractivity (Wildman–Crippen MR) is 75.6 cm³/mol. The molecule has 2 heteroatoms. The van der Waals surface area contributed by atoms with Crippen LogP contribution in [-0.2, 0) is 0 Å². The van der Waals surface area contributed by atoms with Gasteiger partial charge >= 0.3 is 0 Å². The minimum absolute atomic E-state index is 0.476. The van der Waals surface area contributed by atoms with E-state index in [4.69, 9.17) is 0 Å². The summed E-state index contributed by atoms with van der Waals surface area (Å²) in [5.41, 5.74) is 1.41. The van der Waals surface area contributed by atoms with Gasteiger partial charge in [-0.05, 0) is 51.3 Å². The molecule has 2 aliphatic heterocycles. The molecule has 2 unspecified atom stereocenters. The van der Waals surface area contributed by atoms with Gasteiger partial charge in [0.15, 0.2) is 0 Å². The van der Waals surface area contributed by atoms with E-state index >= 15 is 0 Å². The van der Waals surface area contributed by atoms with Crippen molar-refractivity contribution in [2.24, 2.45) is 0 Å². The van der Waals surface area contributed by atoms with Gasteiger partial charge in [0.05, 0.1) is 0 Å². The van der Waals surface area contributed by atoms with Gasteiger partial charge in [-0.15, -0.1) is 0 Å². The molecule has 2 heterocycles. The number of rotatable bonds is 3. The van der Waals surface area contributed by atoms with E-state index in [-0.39, 0.29) is 0 Å². The largest absolute Gasteiger partial charge is 0.307 e. The topological polar surface area (TPSA) is 15.3 Å². The number of hydrogen-bond acceptors (Lipinski definition) is 2. The monoisotopic (exact) mass is 244 g/mol. The van der Waals surface area contributed by atoms with Crippen LogP contribution in [0.3, 0.4) is 0 Å².